The summed E-state index contributed by atoms with van der Waals surface area (Å²) in [5, 5.41) is 0. The van der Waals surface area contributed by atoms with Crippen LogP contribution >= 0.6 is 0 Å². The van der Waals surface area contributed by atoms with Gasteiger partial charge in [0, 0.05) is 0 Å². The molecule has 198 valence electrons. The molecule has 0 aromatic heterocycles. The number of benzene rings is 2. The molecule has 0 aliphatic rings. The van der Waals surface area contributed by atoms with Gasteiger partial charge in [-0.15, -0.1) is 0 Å². The lowest BCUT2D eigenvalue weighted by atomic mass is 10.1. The molecule has 0 fully saturated rings. The lowest BCUT2D eigenvalue weighted by molar-refractivity contribution is -0.0174. The first-order chi connectivity index (χ1) is 17.5. The van der Waals surface area contributed by atoms with Crippen molar-refractivity contribution in [2.75, 3.05) is 19.8 Å². The number of rotatable bonds is 18. The van der Waals surface area contributed by atoms with Crippen molar-refractivity contribution in [2.24, 2.45) is 0 Å². The van der Waals surface area contributed by atoms with E-state index in [9.17, 15) is 9.59 Å². The summed E-state index contributed by atoms with van der Waals surface area (Å²) in [6.07, 6.45) is 11.1. The summed E-state index contributed by atoms with van der Waals surface area (Å²) < 4.78 is 16.9. The molecule has 0 saturated carbocycles. The third-order valence-corrected chi connectivity index (χ3v) is 6.27. The standard InChI is InChI=1S/C31H44O5/c1-4-6-7-8-9-10-11-12-16-29(36-31(33)27-19-17-26(5-2)18-20-27)24-34-21-22-35-30(32)28-15-13-14-25(3)23-28/h13-15,17-20,23,29H,4-12,16,21-22,24H2,1-3H3. The number of carbonyl (C=O) groups excluding carboxylic acids is 2. The molecule has 0 radical (unpaired) electrons. The lowest BCUT2D eigenvalue weighted by Gasteiger charge is -2.18. The monoisotopic (exact) mass is 496 g/mol. The SMILES string of the molecule is CCCCCCCCCCC(COCCOC(=O)c1cccc(C)c1)OC(=O)c1ccc(CC)cc1. The zero-order valence-corrected chi connectivity index (χ0v) is 22.4. The third-order valence-electron chi connectivity index (χ3n) is 6.27. The van der Waals surface area contributed by atoms with E-state index in [1.807, 2.05) is 43.3 Å². The van der Waals surface area contributed by atoms with Crippen molar-refractivity contribution < 1.29 is 23.8 Å². The molecule has 0 N–H and O–H groups in total. The van der Waals surface area contributed by atoms with E-state index in [1.54, 1.807) is 12.1 Å². The second-order valence-electron chi connectivity index (χ2n) is 9.42. The van der Waals surface area contributed by atoms with Gasteiger partial charge in [0.25, 0.3) is 0 Å². The Balaban J connectivity index is 1.77. The highest BCUT2D eigenvalue weighted by Gasteiger charge is 2.17. The maximum atomic E-state index is 12.7. The van der Waals surface area contributed by atoms with E-state index in [-0.39, 0.29) is 37.9 Å². The number of hydrogen-bond donors (Lipinski definition) is 0. The van der Waals surface area contributed by atoms with E-state index >= 15 is 0 Å². The smallest absolute Gasteiger partial charge is 0.338 e. The molecular weight excluding hydrogens is 452 g/mol. The average Bonchev–Trinajstić information content (AvgIpc) is 2.89. The van der Waals surface area contributed by atoms with Gasteiger partial charge >= 0.3 is 11.9 Å². The molecule has 0 aliphatic heterocycles. The van der Waals surface area contributed by atoms with E-state index in [2.05, 4.69) is 13.8 Å². The molecule has 1 unspecified atom stereocenters. The average molecular weight is 497 g/mol. The third kappa shape index (κ3) is 11.9. The molecule has 2 aromatic rings. The molecule has 0 spiro atoms. The fourth-order valence-electron chi connectivity index (χ4n) is 4.04. The summed E-state index contributed by atoms with van der Waals surface area (Å²) >= 11 is 0. The van der Waals surface area contributed by atoms with Crippen LogP contribution in [-0.2, 0) is 20.6 Å². The number of carbonyl (C=O) groups is 2. The van der Waals surface area contributed by atoms with Crippen molar-refractivity contribution >= 4 is 11.9 Å². The number of unbranched alkanes of at least 4 members (excludes halogenated alkanes) is 7. The minimum Gasteiger partial charge on any atom is -0.460 e. The van der Waals surface area contributed by atoms with Crippen LogP contribution in [0.25, 0.3) is 0 Å². The Morgan fingerprint density at radius 2 is 1.47 bits per heavy atom. The Morgan fingerprint density at radius 3 is 2.14 bits per heavy atom. The predicted octanol–water partition coefficient (Wildman–Crippen LogP) is 7.49. The Bertz CT molecular complexity index is 890. The number of esters is 2. The highest BCUT2D eigenvalue weighted by atomic mass is 16.6. The van der Waals surface area contributed by atoms with Crippen LogP contribution in [0, 0.1) is 6.92 Å². The molecule has 0 saturated heterocycles. The first-order valence-electron chi connectivity index (χ1n) is 13.6. The van der Waals surface area contributed by atoms with Gasteiger partial charge in [-0.05, 0) is 56.0 Å². The first-order valence-corrected chi connectivity index (χ1v) is 13.6. The summed E-state index contributed by atoms with van der Waals surface area (Å²) in [5.41, 5.74) is 3.28. The van der Waals surface area contributed by atoms with Crippen molar-refractivity contribution in [3.63, 3.8) is 0 Å². The molecule has 0 heterocycles. The molecular formula is C31H44O5. The minimum atomic E-state index is -0.361. The highest BCUT2D eigenvalue weighted by molar-refractivity contribution is 5.90. The van der Waals surface area contributed by atoms with Crippen molar-refractivity contribution in [1.82, 2.24) is 0 Å². The normalized spacial score (nSPS) is 11.8. The zero-order chi connectivity index (χ0) is 26.0. The predicted molar refractivity (Wildman–Crippen MR) is 145 cm³/mol. The van der Waals surface area contributed by atoms with E-state index < -0.39 is 0 Å². The van der Waals surface area contributed by atoms with Crippen molar-refractivity contribution in [2.45, 2.75) is 91.1 Å². The number of hydrogen-bond acceptors (Lipinski definition) is 5. The van der Waals surface area contributed by atoms with Crippen LogP contribution < -0.4 is 0 Å². The van der Waals surface area contributed by atoms with Crippen LogP contribution in [0.5, 0.6) is 0 Å². The molecule has 2 aromatic carbocycles. The van der Waals surface area contributed by atoms with Crippen molar-refractivity contribution in [3.05, 3.63) is 70.8 Å². The van der Waals surface area contributed by atoms with Crippen molar-refractivity contribution in [1.29, 1.82) is 0 Å². The summed E-state index contributed by atoms with van der Waals surface area (Å²) in [5.74, 6) is -0.684. The quantitative estimate of drug-likeness (QED) is 0.158. The van der Waals surface area contributed by atoms with Gasteiger partial charge in [0.1, 0.15) is 12.7 Å². The topological polar surface area (TPSA) is 61.8 Å². The summed E-state index contributed by atoms with van der Waals surface area (Å²) in [6.45, 7) is 6.96. The summed E-state index contributed by atoms with van der Waals surface area (Å²) in [6, 6.07) is 14.9. The minimum absolute atomic E-state index is 0.156. The second kappa shape index (κ2) is 17.7. The molecule has 5 heteroatoms. The van der Waals surface area contributed by atoms with Gasteiger partial charge in [-0.25, -0.2) is 9.59 Å². The largest absolute Gasteiger partial charge is 0.460 e. The molecule has 0 aliphatic carbocycles. The number of ether oxygens (including phenoxy) is 3. The Kier molecular flexibility index (Phi) is 14.6. The van der Waals surface area contributed by atoms with Gasteiger partial charge < -0.3 is 14.2 Å². The first kappa shape index (κ1) is 29.6. The van der Waals surface area contributed by atoms with E-state index in [0.717, 1.165) is 31.2 Å². The van der Waals surface area contributed by atoms with E-state index in [1.165, 1.54) is 44.1 Å². The van der Waals surface area contributed by atoms with E-state index in [4.69, 9.17) is 14.2 Å². The van der Waals surface area contributed by atoms with Crippen LogP contribution in [0.4, 0.5) is 0 Å². The zero-order valence-electron chi connectivity index (χ0n) is 22.4. The van der Waals surface area contributed by atoms with Gasteiger partial charge in [0.2, 0.25) is 0 Å². The fourth-order valence-corrected chi connectivity index (χ4v) is 4.04. The summed E-state index contributed by atoms with van der Waals surface area (Å²) in [4.78, 5) is 24.9. The van der Waals surface area contributed by atoms with Crippen LogP contribution in [0.15, 0.2) is 48.5 Å². The van der Waals surface area contributed by atoms with Gasteiger partial charge in [-0.2, -0.15) is 0 Å². The van der Waals surface area contributed by atoms with Gasteiger partial charge in [0.05, 0.1) is 24.3 Å². The number of aryl methyl sites for hydroxylation is 2. The summed E-state index contributed by atoms with van der Waals surface area (Å²) in [7, 11) is 0. The van der Waals surface area contributed by atoms with Gasteiger partial charge in [0.15, 0.2) is 0 Å². The van der Waals surface area contributed by atoms with Crippen molar-refractivity contribution in [3.8, 4) is 0 Å². The maximum absolute atomic E-state index is 12.7. The van der Waals surface area contributed by atoms with Crippen LogP contribution in [0.3, 0.4) is 0 Å². The van der Waals surface area contributed by atoms with Crippen LogP contribution in [0.1, 0.15) is 103 Å². The Labute approximate surface area is 217 Å². The maximum Gasteiger partial charge on any atom is 0.338 e. The van der Waals surface area contributed by atoms with E-state index in [0.29, 0.717) is 11.1 Å². The Morgan fingerprint density at radius 1 is 0.778 bits per heavy atom. The molecule has 0 amide bonds. The van der Waals surface area contributed by atoms with Crippen LogP contribution in [-0.4, -0.2) is 37.9 Å². The molecule has 36 heavy (non-hydrogen) atoms. The Hall–Kier alpha value is -2.66. The molecule has 2 rings (SSSR count). The van der Waals surface area contributed by atoms with Crippen LogP contribution in [0.2, 0.25) is 0 Å². The van der Waals surface area contributed by atoms with Gasteiger partial charge in [-0.1, -0.05) is 88.6 Å². The van der Waals surface area contributed by atoms with Gasteiger partial charge in [-0.3, -0.25) is 0 Å². The highest BCUT2D eigenvalue weighted by Crippen LogP contribution is 2.15. The fraction of sp³-hybridized carbons (Fsp3) is 0.548. The molecule has 5 nitrogen and oxygen atoms in total. The molecule has 0 bridgehead atoms. The second-order valence-corrected chi connectivity index (χ2v) is 9.42. The molecule has 1 atom stereocenters. The lowest BCUT2D eigenvalue weighted by Crippen LogP contribution is -2.25.